The van der Waals surface area contributed by atoms with Gasteiger partial charge in [-0.15, -0.1) is 5.53 Å². The molecule has 45 heavy (non-hydrogen) atoms. The molecule has 1 atom stereocenters. The van der Waals surface area contributed by atoms with Crippen LogP contribution in [0, 0.1) is 18.3 Å². The van der Waals surface area contributed by atoms with Gasteiger partial charge in [-0.3, -0.25) is 14.9 Å². The Bertz CT molecular complexity index is 1870. The van der Waals surface area contributed by atoms with Crippen LogP contribution in [0.5, 0.6) is 0 Å². The highest BCUT2D eigenvalue weighted by Gasteiger charge is 2.34. The summed E-state index contributed by atoms with van der Waals surface area (Å²) in [7, 11) is 0. The normalized spacial score (nSPS) is 17.1. The van der Waals surface area contributed by atoms with Crippen molar-refractivity contribution in [2.45, 2.75) is 52.0 Å². The molecular formula is C34H34Cl2N8O. The van der Waals surface area contributed by atoms with Gasteiger partial charge in [0.25, 0.3) is 0 Å². The average molecular weight is 642 g/mol. The summed E-state index contributed by atoms with van der Waals surface area (Å²) in [4.78, 5) is 7.05. The first-order chi connectivity index (χ1) is 21.8. The van der Waals surface area contributed by atoms with Gasteiger partial charge >= 0.3 is 0 Å². The standard InChI is InChI=1S/C34H34Cl2N8O/c1-19(2)44-16-31(41-42-44)34(26-6-4-5-21-14-43(15-28(21)26)25-17-45-18-25)40-24-9-27-32(39-23-8-7-20(3)29(35)10-23)22(12-37)13-38-33(27)30(36)11-24/h4-11,13,16,19,25,34,40-42H,14-15,17-18H2,1-3H3,(H,38,39)/t34-/m0/s1. The van der Waals surface area contributed by atoms with Crippen molar-refractivity contribution in [2.24, 2.45) is 0 Å². The number of anilines is 3. The predicted molar refractivity (Wildman–Crippen MR) is 179 cm³/mol. The molecule has 0 spiro atoms. The van der Waals surface area contributed by atoms with Gasteiger partial charge in [0, 0.05) is 53.3 Å². The van der Waals surface area contributed by atoms with Crippen molar-refractivity contribution in [3.63, 3.8) is 0 Å². The van der Waals surface area contributed by atoms with E-state index in [1.54, 1.807) is 6.20 Å². The van der Waals surface area contributed by atoms with Crippen LogP contribution < -0.4 is 21.6 Å². The van der Waals surface area contributed by atoms with Gasteiger partial charge in [0.05, 0.1) is 52.8 Å². The van der Waals surface area contributed by atoms with E-state index in [1.165, 1.54) is 16.7 Å². The fraction of sp³-hybridized carbons (Fsp3) is 0.294. The first-order valence-electron chi connectivity index (χ1n) is 15.0. The SMILES string of the molecule is Cc1ccc(Nc2c(C#N)cnc3c(Cl)cc(N[C@H](C4=CN(C(C)C)NN4)c4cccc5c4CN(C4COC4)C5)cc23)cc1Cl. The Labute approximate surface area is 272 Å². The van der Waals surface area contributed by atoms with Crippen LogP contribution in [0.2, 0.25) is 10.0 Å². The molecule has 1 fully saturated rings. The molecule has 0 saturated carbocycles. The van der Waals surface area contributed by atoms with E-state index in [1.807, 2.05) is 37.3 Å². The predicted octanol–water partition coefficient (Wildman–Crippen LogP) is 6.91. The number of nitriles is 1. The van der Waals surface area contributed by atoms with Gasteiger partial charge in [-0.2, -0.15) is 5.26 Å². The number of aryl methyl sites for hydroxylation is 1. The third-order valence-electron chi connectivity index (χ3n) is 8.76. The van der Waals surface area contributed by atoms with Crippen molar-refractivity contribution in [3.8, 4) is 6.07 Å². The van der Waals surface area contributed by atoms with Crippen molar-refractivity contribution in [3.05, 3.63) is 104 Å². The van der Waals surface area contributed by atoms with Crippen LogP contribution >= 0.6 is 23.2 Å². The molecule has 11 heteroatoms. The first-order valence-corrected chi connectivity index (χ1v) is 15.8. The van der Waals surface area contributed by atoms with E-state index < -0.39 is 0 Å². The summed E-state index contributed by atoms with van der Waals surface area (Å²) in [5.41, 5.74) is 15.7. The lowest BCUT2D eigenvalue weighted by molar-refractivity contribution is -0.0670. The smallest absolute Gasteiger partial charge is 0.103 e. The van der Waals surface area contributed by atoms with E-state index >= 15 is 0 Å². The monoisotopic (exact) mass is 640 g/mol. The number of aromatic nitrogens is 1. The van der Waals surface area contributed by atoms with Gasteiger partial charge in [-0.05, 0) is 67.3 Å². The summed E-state index contributed by atoms with van der Waals surface area (Å²) in [6.07, 6.45) is 3.66. The van der Waals surface area contributed by atoms with E-state index in [-0.39, 0.29) is 12.1 Å². The number of nitrogens with one attached hydrogen (secondary N) is 4. The minimum atomic E-state index is -0.221. The fourth-order valence-electron chi connectivity index (χ4n) is 6.07. The van der Waals surface area contributed by atoms with E-state index in [0.717, 1.165) is 54.3 Å². The van der Waals surface area contributed by atoms with E-state index in [0.29, 0.717) is 32.9 Å². The van der Waals surface area contributed by atoms with Gasteiger partial charge in [0.15, 0.2) is 0 Å². The van der Waals surface area contributed by atoms with Gasteiger partial charge < -0.3 is 20.8 Å². The minimum absolute atomic E-state index is 0.221. The zero-order valence-electron chi connectivity index (χ0n) is 25.3. The van der Waals surface area contributed by atoms with Crippen LogP contribution in [0.3, 0.4) is 0 Å². The van der Waals surface area contributed by atoms with Crippen LogP contribution in [0.15, 0.2) is 66.6 Å². The Morgan fingerprint density at radius 1 is 1.07 bits per heavy atom. The van der Waals surface area contributed by atoms with Gasteiger partial charge in [-0.1, -0.05) is 47.5 Å². The molecule has 3 aliphatic heterocycles. The molecule has 3 aromatic carbocycles. The number of benzene rings is 3. The maximum Gasteiger partial charge on any atom is 0.103 e. The van der Waals surface area contributed by atoms with Crippen molar-refractivity contribution in [2.75, 3.05) is 23.8 Å². The number of hydrogen-bond acceptors (Lipinski definition) is 9. The molecular weight excluding hydrogens is 607 g/mol. The number of hydrogen-bond donors (Lipinski definition) is 4. The maximum absolute atomic E-state index is 10.0. The molecule has 0 aliphatic carbocycles. The number of rotatable bonds is 8. The zero-order chi connectivity index (χ0) is 31.2. The number of fused-ring (bicyclic) bond motifs is 2. The third kappa shape index (κ3) is 5.65. The second-order valence-electron chi connectivity index (χ2n) is 12.1. The highest BCUT2D eigenvalue weighted by Crippen LogP contribution is 2.39. The lowest BCUT2D eigenvalue weighted by atomic mass is 9.95. The van der Waals surface area contributed by atoms with E-state index in [2.05, 4.69) is 80.8 Å². The van der Waals surface area contributed by atoms with Crippen molar-refractivity contribution >= 4 is 51.2 Å². The first kappa shape index (κ1) is 29.7. The van der Waals surface area contributed by atoms with Gasteiger partial charge in [0.2, 0.25) is 0 Å². The largest absolute Gasteiger partial charge is 0.378 e. The molecule has 1 saturated heterocycles. The second-order valence-corrected chi connectivity index (χ2v) is 12.9. The lowest BCUT2D eigenvalue weighted by Gasteiger charge is -2.34. The maximum atomic E-state index is 10.0. The van der Waals surface area contributed by atoms with Crippen molar-refractivity contribution in [1.29, 1.82) is 5.26 Å². The fourth-order valence-corrected chi connectivity index (χ4v) is 6.52. The lowest BCUT2D eigenvalue weighted by Crippen LogP contribution is -2.46. The number of halogens is 2. The Kier molecular flexibility index (Phi) is 7.94. The van der Waals surface area contributed by atoms with Gasteiger partial charge in [0.1, 0.15) is 6.07 Å². The Morgan fingerprint density at radius 2 is 1.89 bits per heavy atom. The summed E-state index contributed by atoms with van der Waals surface area (Å²) >= 11 is 13.3. The average Bonchev–Trinajstić information content (AvgIpc) is 3.65. The van der Waals surface area contributed by atoms with Crippen LogP contribution in [0.1, 0.15) is 47.7 Å². The molecule has 4 N–H and O–H groups in total. The Hall–Kier alpha value is -4.04. The Balaban J connectivity index is 1.31. The summed E-state index contributed by atoms with van der Waals surface area (Å²) < 4.78 is 5.50. The van der Waals surface area contributed by atoms with Crippen LogP contribution in [-0.4, -0.2) is 40.2 Å². The molecule has 4 aromatic rings. The zero-order valence-corrected chi connectivity index (χ0v) is 26.8. The molecule has 7 rings (SSSR count). The molecule has 3 aliphatic rings. The van der Waals surface area contributed by atoms with Crippen LogP contribution in [0.4, 0.5) is 17.1 Å². The highest BCUT2D eigenvalue weighted by atomic mass is 35.5. The molecule has 0 amide bonds. The van der Waals surface area contributed by atoms with Gasteiger partial charge in [-0.25, -0.2) is 0 Å². The number of pyridine rings is 1. The van der Waals surface area contributed by atoms with E-state index in [4.69, 9.17) is 27.9 Å². The molecule has 0 bridgehead atoms. The molecule has 0 unspecified atom stereocenters. The molecule has 1 aromatic heterocycles. The number of ether oxygens (including phenoxy) is 1. The molecule has 4 heterocycles. The minimum Gasteiger partial charge on any atom is -0.378 e. The molecule has 0 radical (unpaired) electrons. The number of hydrazine groups is 2. The summed E-state index contributed by atoms with van der Waals surface area (Å²) in [6, 6.07) is 19.0. The summed E-state index contributed by atoms with van der Waals surface area (Å²) in [5.74, 6) is 0. The Morgan fingerprint density at radius 3 is 2.60 bits per heavy atom. The van der Waals surface area contributed by atoms with E-state index in [9.17, 15) is 5.26 Å². The molecule has 230 valence electrons. The highest BCUT2D eigenvalue weighted by molar-refractivity contribution is 6.36. The second kappa shape index (κ2) is 12.0. The molecule has 9 nitrogen and oxygen atoms in total. The van der Waals surface area contributed by atoms with Crippen LogP contribution in [0.25, 0.3) is 10.9 Å². The summed E-state index contributed by atoms with van der Waals surface area (Å²) in [5, 5.41) is 21.1. The van der Waals surface area contributed by atoms with Crippen LogP contribution in [-0.2, 0) is 17.8 Å². The summed E-state index contributed by atoms with van der Waals surface area (Å²) in [6.45, 7) is 9.56. The van der Waals surface area contributed by atoms with Crippen molar-refractivity contribution in [1.82, 2.24) is 25.9 Å². The topological polar surface area (TPSA) is 101 Å². The number of nitrogens with zero attached hydrogens (tertiary/aromatic N) is 4. The quantitative estimate of drug-likeness (QED) is 0.164. The third-order valence-corrected chi connectivity index (χ3v) is 9.46. The van der Waals surface area contributed by atoms with Crippen molar-refractivity contribution < 1.29 is 4.74 Å².